The van der Waals surface area contributed by atoms with Crippen molar-refractivity contribution in [2.45, 2.75) is 45.8 Å². The lowest BCUT2D eigenvalue weighted by Gasteiger charge is -2.27. The quantitative estimate of drug-likeness (QED) is 0.332. The Morgan fingerprint density at radius 1 is 1.18 bits per heavy atom. The number of aliphatic hydroxyl groups is 1. The van der Waals surface area contributed by atoms with Crippen LogP contribution in [-0.2, 0) is 16.0 Å². The molecule has 0 radical (unpaired) electrons. The summed E-state index contributed by atoms with van der Waals surface area (Å²) in [5, 5.41) is 11.8. The SMILES string of the molecule is CCN(CC)CCCN1C(=O)C(=O)C(=C(O)c2ccc3c(c2)C[C@H](C)O3)[C@@H]1c1cccc(Cl)c1. The lowest BCUT2D eigenvalue weighted by Crippen LogP contribution is -2.33. The Hall–Kier alpha value is -2.83. The van der Waals surface area contributed by atoms with Crippen LogP contribution in [0.25, 0.3) is 5.76 Å². The molecule has 4 rings (SSSR count). The molecule has 2 aliphatic rings. The van der Waals surface area contributed by atoms with Crippen molar-refractivity contribution in [2.75, 3.05) is 26.2 Å². The molecule has 0 aliphatic carbocycles. The Kier molecular flexibility index (Phi) is 7.29. The molecule has 0 bridgehead atoms. The molecule has 2 heterocycles. The van der Waals surface area contributed by atoms with Crippen molar-refractivity contribution in [2.24, 2.45) is 0 Å². The van der Waals surface area contributed by atoms with Gasteiger partial charge in [0.1, 0.15) is 17.6 Å². The molecular formula is C27H31ClN2O4. The van der Waals surface area contributed by atoms with E-state index in [1.165, 1.54) is 0 Å². The van der Waals surface area contributed by atoms with Crippen molar-refractivity contribution >= 4 is 29.1 Å². The maximum Gasteiger partial charge on any atom is 0.295 e. The van der Waals surface area contributed by atoms with E-state index in [9.17, 15) is 14.7 Å². The fourth-order valence-electron chi connectivity index (χ4n) is 4.86. The second-order valence-electron chi connectivity index (χ2n) is 8.88. The summed E-state index contributed by atoms with van der Waals surface area (Å²) in [6, 6.07) is 11.8. The summed E-state index contributed by atoms with van der Waals surface area (Å²) in [6.07, 6.45) is 1.52. The summed E-state index contributed by atoms with van der Waals surface area (Å²) in [5.74, 6) is -0.649. The van der Waals surface area contributed by atoms with Crippen LogP contribution < -0.4 is 4.74 Å². The first-order chi connectivity index (χ1) is 16.3. The van der Waals surface area contributed by atoms with Crippen LogP contribution in [0, 0.1) is 0 Å². The van der Waals surface area contributed by atoms with E-state index >= 15 is 0 Å². The highest BCUT2D eigenvalue weighted by atomic mass is 35.5. The zero-order chi connectivity index (χ0) is 24.4. The van der Waals surface area contributed by atoms with E-state index in [0.717, 1.165) is 43.8 Å². The van der Waals surface area contributed by atoms with E-state index in [-0.39, 0.29) is 17.4 Å². The van der Waals surface area contributed by atoms with Crippen LogP contribution in [0.4, 0.5) is 0 Å². The average Bonchev–Trinajstić information content (AvgIpc) is 3.32. The number of halogens is 1. The first-order valence-corrected chi connectivity index (χ1v) is 12.3. The van der Waals surface area contributed by atoms with Gasteiger partial charge in [0.15, 0.2) is 0 Å². The fraction of sp³-hybridized carbons (Fsp3) is 0.407. The van der Waals surface area contributed by atoms with Crippen molar-refractivity contribution in [1.82, 2.24) is 9.80 Å². The fourth-order valence-corrected chi connectivity index (χ4v) is 5.06. The number of carbonyl (C=O) groups is 2. The van der Waals surface area contributed by atoms with Crippen LogP contribution in [0.3, 0.4) is 0 Å². The molecular weight excluding hydrogens is 452 g/mol. The number of carbonyl (C=O) groups excluding carboxylic acids is 2. The first kappa shape index (κ1) is 24.3. The van der Waals surface area contributed by atoms with E-state index < -0.39 is 17.7 Å². The Bertz CT molecular complexity index is 1130. The van der Waals surface area contributed by atoms with Gasteiger partial charge < -0.3 is 19.6 Å². The number of likely N-dealkylation sites (tertiary alicyclic amines) is 1. The standard InChI is InChI=1S/C27H31ClN2O4/c1-4-29(5-2)12-7-13-30-24(18-8-6-9-21(28)16-18)23(26(32)27(30)33)25(31)19-10-11-22-20(15-19)14-17(3)34-22/h6,8-11,15-17,24,31H,4-5,7,12-14H2,1-3H3/t17-,24-/m0/s1. The maximum atomic E-state index is 13.2. The molecule has 0 aromatic heterocycles. The van der Waals surface area contributed by atoms with Crippen molar-refractivity contribution < 1.29 is 19.4 Å². The number of aliphatic hydroxyl groups excluding tert-OH is 1. The number of hydrogen-bond acceptors (Lipinski definition) is 5. The summed E-state index contributed by atoms with van der Waals surface area (Å²) in [7, 11) is 0. The largest absolute Gasteiger partial charge is 0.507 e. The summed E-state index contributed by atoms with van der Waals surface area (Å²) in [6.45, 7) is 9.27. The molecule has 0 unspecified atom stereocenters. The van der Waals surface area contributed by atoms with Crippen LogP contribution in [0.15, 0.2) is 48.0 Å². The minimum absolute atomic E-state index is 0.0650. The van der Waals surface area contributed by atoms with E-state index in [2.05, 4.69) is 18.7 Å². The van der Waals surface area contributed by atoms with Gasteiger partial charge in [-0.15, -0.1) is 0 Å². The molecule has 0 spiro atoms. The molecule has 0 saturated carbocycles. The molecule has 6 nitrogen and oxygen atoms in total. The average molecular weight is 483 g/mol. The second-order valence-corrected chi connectivity index (χ2v) is 9.32. The van der Waals surface area contributed by atoms with Crippen LogP contribution in [0.5, 0.6) is 5.75 Å². The van der Waals surface area contributed by atoms with Crippen molar-refractivity contribution in [1.29, 1.82) is 0 Å². The number of benzene rings is 2. The van der Waals surface area contributed by atoms with Crippen molar-refractivity contribution in [3.63, 3.8) is 0 Å². The van der Waals surface area contributed by atoms with Gasteiger partial charge in [-0.1, -0.05) is 37.6 Å². The smallest absolute Gasteiger partial charge is 0.295 e. The first-order valence-electron chi connectivity index (χ1n) is 11.9. The van der Waals surface area contributed by atoms with Gasteiger partial charge in [0, 0.05) is 23.6 Å². The van der Waals surface area contributed by atoms with Gasteiger partial charge in [0.05, 0.1) is 11.6 Å². The third kappa shape index (κ3) is 4.70. The zero-order valence-corrected chi connectivity index (χ0v) is 20.6. The highest BCUT2D eigenvalue weighted by molar-refractivity contribution is 6.46. The van der Waals surface area contributed by atoms with Crippen LogP contribution in [-0.4, -0.2) is 58.9 Å². The molecule has 1 amide bonds. The molecule has 1 saturated heterocycles. The minimum Gasteiger partial charge on any atom is -0.507 e. The van der Waals surface area contributed by atoms with Gasteiger partial charge in [-0.05, 0) is 74.4 Å². The molecule has 180 valence electrons. The van der Waals surface area contributed by atoms with Gasteiger partial charge in [0.2, 0.25) is 0 Å². The van der Waals surface area contributed by atoms with Gasteiger partial charge in [0.25, 0.3) is 11.7 Å². The Morgan fingerprint density at radius 3 is 2.65 bits per heavy atom. The van der Waals surface area contributed by atoms with Gasteiger partial charge in [-0.3, -0.25) is 9.59 Å². The number of hydrogen-bond donors (Lipinski definition) is 1. The lowest BCUT2D eigenvalue weighted by molar-refractivity contribution is -0.140. The maximum absolute atomic E-state index is 13.2. The number of amides is 1. The molecule has 2 aliphatic heterocycles. The molecule has 1 fully saturated rings. The van der Waals surface area contributed by atoms with Gasteiger partial charge >= 0.3 is 0 Å². The Labute approximate surface area is 205 Å². The third-order valence-corrected chi connectivity index (χ3v) is 6.88. The van der Waals surface area contributed by atoms with E-state index in [1.54, 1.807) is 29.2 Å². The van der Waals surface area contributed by atoms with Crippen molar-refractivity contribution in [3.8, 4) is 5.75 Å². The summed E-state index contributed by atoms with van der Waals surface area (Å²) >= 11 is 6.26. The van der Waals surface area contributed by atoms with Crippen LogP contribution >= 0.6 is 11.6 Å². The molecule has 2 atom stereocenters. The highest BCUT2D eigenvalue weighted by Gasteiger charge is 2.46. The third-order valence-electron chi connectivity index (χ3n) is 6.64. The van der Waals surface area contributed by atoms with Crippen molar-refractivity contribution in [3.05, 3.63) is 69.8 Å². The van der Waals surface area contributed by atoms with E-state index in [1.807, 2.05) is 25.1 Å². The minimum atomic E-state index is -0.696. The molecule has 2 aromatic carbocycles. The van der Waals surface area contributed by atoms with Crippen LogP contribution in [0.2, 0.25) is 5.02 Å². The zero-order valence-electron chi connectivity index (χ0n) is 19.9. The number of ketones is 1. The van der Waals surface area contributed by atoms with Crippen LogP contribution in [0.1, 0.15) is 49.9 Å². The Morgan fingerprint density at radius 2 is 1.94 bits per heavy atom. The molecule has 7 heteroatoms. The number of Topliss-reactive ketones (excluding diaryl/α,β-unsaturated/α-hetero) is 1. The predicted molar refractivity (Wildman–Crippen MR) is 133 cm³/mol. The normalized spacial score (nSPS) is 21.3. The number of fused-ring (bicyclic) bond motifs is 1. The molecule has 34 heavy (non-hydrogen) atoms. The number of ether oxygens (including phenoxy) is 1. The topological polar surface area (TPSA) is 70.1 Å². The predicted octanol–water partition coefficient (Wildman–Crippen LogP) is 4.82. The summed E-state index contributed by atoms with van der Waals surface area (Å²) in [4.78, 5) is 30.2. The number of nitrogens with zero attached hydrogens (tertiary/aromatic N) is 2. The second kappa shape index (κ2) is 10.2. The lowest BCUT2D eigenvalue weighted by atomic mass is 9.94. The van der Waals surface area contributed by atoms with Gasteiger partial charge in [-0.2, -0.15) is 0 Å². The molecule has 1 N–H and O–H groups in total. The molecule has 2 aromatic rings. The van der Waals surface area contributed by atoms with E-state index in [4.69, 9.17) is 16.3 Å². The monoisotopic (exact) mass is 482 g/mol. The van der Waals surface area contributed by atoms with Gasteiger partial charge in [-0.25, -0.2) is 0 Å². The summed E-state index contributed by atoms with van der Waals surface area (Å²) < 4.78 is 5.76. The highest BCUT2D eigenvalue weighted by Crippen LogP contribution is 2.41. The number of rotatable bonds is 8. The Balaban J connectivity index is 1.73. The summed E-state index contributed by atoms with van der Waals surface area (Å²) in [5.41, 5.74) is 2.28. The van der Waals surface area contributed by atoms with E-state index in [0.29, 0.717) is 22.7 Å².